The number of carbonyl (C=O) groups excluding carboxylic acids is 1. The van der Waals surface area contributed by atoms with Gasteiger partial charge in [-0.3, -0.25) is 4.79 Å². The number of carboxylic acids is 1. The highest BCUT2D eigenvalue weighted by molar-refractivity contribution is 7.14. The van der Waals surface area contributed by atoms with E-state index in [0.717, 1.165) is 0 Å². The molecule has 0 aromatic carbocycles. The van der Waals surface area contributed by atoms with E-state index in [9.17, 15) is 9.59 Å². The highest BCUT2D eigenvalue weighted by Gasteiger charge is 2.20. The fraction of sp³-hybridized carbons (Fsp3) is 0.182. The van der Waals surface area contributed by atoms with E-state index in [1.54, 1.807) is 10.9 Å². The molecule has 0 aliphatic rings. The second-order valence-electron chi connectivity index (χ2n) is 3.93. The quantitative estimate of drug-likeness (QED) is 0.389. The Kier molecular flexibility index (Phi) is 5.01. The zero-order valence-electron chi connectivity index (χ0n) is 11.3. The van der Waals surface area contributed by atoms with Crippen molar-refractivity contribution in [1.82, 2.24) is 4.98 Å². The van der Waals surface area contributed by atoms with E-state index in [2.05, 4.69) is 20.3 Å². The van der Waals surface area contributed by atoms with Gasteiger partial charge in [-0.15, -0.1) is 11.3 Å². The van der Waals surface area contributed by atoms with Crippen LogP contribution >= 0.6 is 22.7 Å². The standard InChI is InChI=1S/C11H11N5O4S2/c1-20-15-9(6-4-21-11(12)13-6)10(19)14-7-2-16(5-22-7)3-8(17)18/h2,4-5H,3H2,1H3,(H3-,12,13,14,17,18,19)/p+1/b15-9-. The van der Waals surface area contributed by atoms with Gasteiger partial charge >= 0.3 is 5.97 Å². The molecule has 1 amide bonds. The van der Waals surface area contributed by atoms with E-state index in [1.807, 2.05) is 0 Å². The Balaban J connectivity index is 2.13. The topological polar surface area (TPSA) is 131 Å². The molecule has 0 saturated carbocycles. The van der Waals surface area contributed by atoms with Gasteiger partial charge in [-0.25, -0.2) is 9.78 Å². The zero-order chi connectivity index (χ0) is 16.1. The summed E-state index contributed by atoms with van der Waals surface area (Å²) in [7, 11) is 1.31. The predicted octanol–water partition coefficient (Wildman–Crippen LogP) is 0.148. The molecule has 0 fully saturated rings. The molecule has 2 aromatic rings. The molecule has 0 unspecified atom stereocenters. The SMILES string of the molecule is CO/N=C(\C(=O)Nc1c[n+](CC(=O)O)cs1)c1csc(N)n1. The zero-order valence-corrected chi connectivity index (χ0v) is 13.0. The number of oxime groups is 1. The van der Waals surface area contributed by atoms with Gasteiger partial charge < -0.3 is 21.0 Å². The van der Waals surface area contributed by atoms with E-state index >= 15 is 0 Å². The van der Waals surface area contributed by atoms with Crippen molar-refractivity contribution in [1.29, 1.82) is 0 Å². The smallest absolute Gasteiger partial charge is 0.370 e. The summed E-state index contributed by atoms with van der Waals surface area (Å²) >= 11 is 2.36. The van der Waals surface area contributed by atoms with Crippen LogP contribution in [0, 0.1) is 0 Å². The lowest BCUT2D eigenvalue weighted by Gasteiger charge is -2.01. The Morgan fingerprint density at radius 2 is 2.32 bits per heavy atom. The summed E-state index contributed by atoms with van der Waals surface area (Å²) in [5, 5.41) is 17.3. The molecule has 0 radical (unpaired) electrons. The van der Waals surface area contributed by atoms with Crippen molar-refractivity contribution in [2.75, 3.05) is 18.2 Å². The van der Waals surface area contributed by atoms with Crippen molar-refractivity contribution in [3.05, 3.63) is 22.8 Å². The first kappa shape index (κ1) is 15.9. The maximum Gasteiger partial charge on any atom is 0.370 e. The van der Waals surface area contributed by atoms with Gasteiger partial charge in [0.25, 0.3) is 5.91 Å². The minimum atomic E-state index is -0.972. The molecule has 22 heavy (non-hydrogen) atoms. The number of nitrogens with two attached hydrogens (primary N) is 1. The van der Waals surface area contributed by atoms with E-state index in [4.69, 9.17) is 10.8 Å². The van der Waals surface area contributed by atoms with E-state index < -0.39 is 11.9 Å². The van der Waals surface area contributed by atoms with Crippen LogP contribution < -0.4 is 15.6 Å². The summed E-state index contributed by atoms with van der Waals surface area (Å²) in [4.78, 5) is 31.5. The van der Waals surface area contributed by atoms with Gasteiger partial charge in [0.2, 0.25) is 18.3 Å². The average Bonchev–Trinajstić information content (AvgIpc) is 3.04. The molecule has 4 N–H and O–H groups in total. The average molecular weight is 342 g/mol. The van der Waals surface area contributed by atoms with Crippen molar-refractivity contribution in [3.8, 4) is 0 Å². The number of amides is 1. The molecule has 11 heteroatoms. The molecule has 9 nitrogen and oxygen atoms in total. The van der Waals surface area contributed by atoms with Crippen LogP contribution in [0.4, 0.5) is 10.1 Å². The highest BCUT2D eigenvalue weighted by atomic mass is 32.1. The van der Waals surface area contributed by atoms with Crippen molar-refractivity contribution in [2.45, 2.75) is 6.54 Å². The molecule has 2 heterocycles. The minimum absolute atomic E-state index is 0.0198. The molecule has 116 valence electrons. The number of aliphatic carboxylic acids is 1. The molecular formula is C11H12N5O4S2+. The molecule has 0 atom stereocenters. The lowest BCUT2D eigenvalue weighted by molar-refractivity contribution is -0.680. The van der Waals surface area contributed by atoms with Crippen LogP contribution in [-0.2, 0) is 21.0 Å². The maximum atomic E-state index is 12.2. The van der Waals surface area contributed by atoms with Gasteiger partial charge in [-0.1, -0.05) is 16.5 Å². The van der Waals surface area contributed by atoms with Crippen LogP contribution in [0.15, 0.2) is 22.2 Å². The van der Waals surface area contributed by atoms with Crippen molar-refractivity contribution in [3.63, 3.8) is 0 Å². The Morgan fingerprint density at radius 3 is 2.91 bits per heavy atom. The lowest BCUT2D eigenvalue weighted by atomic mass is 10.3. The van der Waals surface area contributed by atoms with Gasteiger partial charge in [0, 0.05) is 5.38 Å². The summed E-state index contributed by atoms with van der Waals surface area (Å²) < 4.78 is 1.44. The fourth-order valence-corrected chi connectivity index (χ4v) is 2.78. The third-order valence-electron chi connectivity index (χ3n) is 2.31. The number of aromatic nitrogens is 2. The highest BCUT2D eigenvalue weighted by Crippen LogP contribution is 2.15. The Labute approximate surface area is 132 Å². The summed E-state index contributed by atoms with van der Waals surface area (Å²) in [5.74, 6) is -1.50. The Bertz CT molecular complexity index is 724. The summed E-state index contributed by atoms with van der Waals surface area (Å²) in [6.45, 7) is -0.187. The molecule has 0 aliphatic carbocycles. The van der Waals surface area contributed by atoms with Crippen LogP contribution in [0.1, 0.15) is 5.69 Å². The molecule has 0 bridgehead atoms. The number of rotatable bonds is 6. The Hall–Kier alpha value is -2.53. The number of carboxylic acid groups (broad SMARTS) is 1. The Morgan fingerprint density at radius 1 is 1.55 bits per heavy atom. The first-order valence-corrected chi connectivity index (χ1v) is 7.58. The maximum absolute atomic E-state index is 12.2. The first-order valence-electron chi connectivity index (χ1n) is 5.83. The minimum Gasteiger partial charge on any atom is -0.477 e. The van der Waals surface area contributed by atoms with Crippen molar-refractivity contribution < 1.29 is 24.1 Å². The monoisotopic (exact) mass is 342 g/mol. The summed E-state index contributed by atoms with van der Waals surface area (Å²) in [6.07, 6.45) is 1.51. The van der Waals surface area contributed by atoms with Gasteiger partial charge in [0.1, 0.15) is 12.8 Å². The fourth-order valence-electron chi connectivity index (χ4n) is 1.50. The second-order valence-corrected chi connectivity index (χ2v) is 5.71. The third-order valence-corrected chi connectivity index (χ3v) is 3.83. The first-order chi connectivity index (χ1) is 10.5. The molecule has 0 saturated heterocycles. The number of thiazole rings is 2. The molecular weight excluding hydrogens is 330 g/mol. The van der Waals surface area contributed by atoms with Gasteiger partial charge in [-0.05, 0) is 0 Å². The van der Waals surface area contributed by atoms with Crippen LogP contribution in [0.3, 0.4) is 0 Å². The van der Waals surface area contributed by atoms with Crippen molar-refractivity contribution >= 4 is 50.4 Å². The van der Waals surface area contributed by atoms with Crippen LogP contribution in [-0.4, -0.2) is 34.8 Å². The molecule has 0 aliphatic heterocycles. The van der Waals surface area contributed by atoms with Crippen LogP contribution in [0.5, 0.6) is 0 Å². The van der Waals surface area contributed by atoms with Crippen LogP contribution in [0.25, 0.3) is 0 Å². The summed E-state index contributed by atoms with van der Waals surface area (Å²) in [5.41, 5.74) is 7.40. The van der Waals surface area contributed by atoms with Gasteiger partial charge in [0.05, 0.1) is 0 Å². The number of carbonyl (C=O) groups is 2. The largest absolute Gasteiger partial charge is 0.477 e. The summed E-state index contributed by atoms with van der Waals surface area (Å²) in [6, 6.07) is 0. The molecule has 2 aromatic heterocycles. The number of nitrogen functional groups attached to an aromatic ring is 1. The number of nitrogens with one attached hydrogen (secondary N) is 1. The number of hydrogen-bond donors (Lipinski definition) is 3. The van der Waals surface area contributed by atoms with Crippen LogP contribution in [0.2, 0.25) is 0 Å². The van der Waals surface area contributed by atoms with E-state index in [-0.39, 0.29) is 12.3 Å². The van der Waals surface area contributed by atoms with Crippen molar-refractivity contribution in [2.24, 2.45) is 5.16 Å². The predicted molar refractivity (Wildman–Crippen MR) is 80.9 cm³/mol. The second kappa shape index (κ2) is 6.95. The third kappa shape index (κ3) is 3.99. The normalized spacial score (nSPS) is 11.2. The molecule has 2 rings (SSSR count). The number of hydrogen-bond acceptors (Lipinski definition) is 8. The number of nitrogens with zero attached hydrogens (tertiary/aromatic N) is 3. The van der Waals surface area contributed by atoms with E-state index in [1.165, 1.54) is 40.5 Å². The van der Waals surface area contributed by atoms with Gasteiger partial charge in [-0.2, -0.15) is 4.57 Å². The molecule has 0 spiro atoms. The van der Waals surface area contributed by atoms with E-state index in [0.29, 0.717) is 15.8 Å². The van der Waals surface area contributed by atoms with Gasteiger partial charge in [0.15, 0.2) is 15.8 Å². The number of anilines is 2. The lowest BCUT2D eigenvalue weighted by Crippen LogP contribution is -2.35.